The molecule has 0 radical (unpaired) electrons. The number of carbonyl (C=O) groups excluding carboxylic acids is 2. The minimum Gasteiger partial charge on any atom is -0.493 e. The number of thioether (sulfide) groups is 1. The first-order valence-electron chi connectivity index (χ1n) is 8.33. The average Bonchev–Trinajstić information content (AvgIpc) is 2.95. The number of benzene rings is 2. The summed E-state index contributed by atoms with van der Waals surface area (Å²) in [4.78, 5) is 26.5. The Kier molecular flexibility index (Phi) is 5.98. The second kappa shape index (κ2) is 8.60. The largest absolute Gasteiger partial charge is 0.493 e. The fraction of sp³-hybridized carbons (Fsp3) is 0.143. The smallest absolute Gasteiger partial charge is 0.293 e. The van der Waals surface area contributed by atoms with Gasteiger partial charge >= 0.3 is 0 Å². The highest BCUT2D eigenvalue weighted by Gasteiger charge is 2.34. The number of ether oxygens (including phenoxy) is 2. The van der Waals surface area contributed by atoms with Gasteiger partial charge in [0.15, 0.2) is 11.5 Å². The van der Waals surface area contributed by atoms with Crippen molar-refractivity contribution in [2.75, 3.05) is 13.7 Å². The van der Waals surface area contributed by atoms with Crippen molar-refractivity contribution in [1.82, 2.24) is 4.90 Å². The maximum atomic E-state index is 12.6. The summed E-state index contributed by atoms with van der Waals surface area (Å²) in [6, 6.07) is 14.8. The zero-order valence-electron chi connectivity index (χ0n) is 14.9. The van der Waals surface area contributed by atoms with Gasteiger partial charge in [-0.1, -0.05) is 49.1 Å². The van der Waals surface area contributed by atoms with Crippen molar-refractivity contribution in [3.63, 3.8) is 0 Å². The fourth-order valence-electron chi connectivity index (χ4n) is 2.60. The molecule has 0 aromatic heterocycles. The van der Waals surface area contributed by atoms with Crippen LogP contribution in [0, 0.1) is 0 Å². The standard InChI is InChI=1S/C21H19NO4S/c1-3-11-26-17-10-9-16(12-18(17)25-2)13-19-20(23)22(21(24)27-19)14-15-7-5-4-6-8-15/h3-10,12-13H,1,11,14H2,2H3. The molecule has 0 spiro atoms. The molecule has 6 heteroatoms. The highest BCUT2D eigenvalue weighted by Crippen LogP contribution is 2.35. The predicted molar refractivity (Wildman–Crippen MR) is 107 cm³/mol. The Balaban J connectivity index is 1.80. The molecule has 0 bridgehead atoms. The van der Waals surface area contributed by atoms with Gasteiger partial charge in [0.1, 0.15) is 6.61 Å². The third-order valence-electron chi connectivity index (χ3n) is 3.90. The maximum Gasteiger partial charge on any atom is 0.293 e. The number of rotatable bonds is 7. The molecule has 2 amide bonds. The lowest BCUT2D eigenvalue weighted by Crippen LogP contribution is -2.27. The first kappa shape index (κ1) is 18.8. The van der Waals surface area contributed by atoms with Crippen LogP contribution in [0.2, 0.25) is 0 Å². The Morgan fingerprint density at radius 3 is 2.59 bits per heavy atom. The summed E-state index contributed by atoms with van der Waals surface area (Å²) in [5, 5.41) is -0.270. The molecule has 5 nitrogen and oxygen atoms in total. The summed E-state index contributed by atoms with van der Waals surface area (Å²) in [6.45, 7) is 4.25. The van der Waals surface area contributed by atoms with Crippen LogP contribution in [0.3, 0.4) is 0 Å². The van der Waals surface area contributed by atoms with Crippen molar-refractivity contribution < 1.29 is 19.1 Å². The van der Waals surface area contributed by atoms with Gasteiger partial charge in [0.2, 0.25) is 0 Å². The van der Waals surface area contributed by atoms with E-state index in [1.165, 1.54) is 4.90 Å². The Morgan fingerprint density at radius 2 is 1.89 bits per heavy atom. The van der Waals surface area contributed by atoms with Gasteiger partial charge in [-0.05, 0) is 41.1 Å². The molecule has 27 heavy (non-hydrogen) atoms. The van der Waals surface area contributed by atoms with Gasteiger partial charge in [0.05, 0.1) is 18.6 Å². The Hall–Kier alpha value is -2.99. The normalized spacial score (nSPS) is 15.3. The van der Waals surface area contributed by atoms with E-state index in [9.17, 15) is 9.59 Å². The summed E-state index contributed by atoms with van der Waals surface area (Å²) in [5.74, 6) is 0.848. The zero-order chi connectivity index (χ0) is 19.2. The van der Waals surface area contributed by atoms with E-state index in [1.54, 1.807) is 31.4 Å². The Labute approximate surface area is 162 Å². The van der Waals surface area contributed by atoms with E-state index in [0.29, 0.717) is 23.0 Å². The van der Waals surface area contributed by atoms with E-state index >= 15 is 0 Å². The van der Waals surface area contributed by atoms with Crippen molar-refractivity contribution in [2.24, 2.45) is 0 Å². The van der Waals surface area contributed by atoms with Crippen LogP contribution in [0.4, 0.5) is 4.79 Å². The van der Waals surface area contributed by atoms with Gasteiger partial charge in [0, 0.05) is 0 Å². The van der Waals surface area contributed by atoms with Crippen LogP contribution < -0.4 is 9.47 Å². The van der Waals surface area contributed by atoms with E-state index in [1.807, 2.05) is 36.4 Å². The lowest BCUT2D eigenvalue weighted by molar-refractivity contribution is -0.123. The third kappa shape index (κ3) is 4.41. The van der Waals surface area contributed by atoms with Gasteiger partial charge in [0.25, 0.3) is 11.1 Å². The lowest BCUT2D eigenvalue weighted by Gasteiger charge is -2.12. The molecule has 0 aliphatic carbocycles. The second-order valence-corrected chi connectivity index (χ2v) is 6.76. The molecule has 1 aliphatic heterocycles. The van der Waals surface area contributed by atoms with Gasteiger partial charge in [-0.25, -0.2) is 0 Å². The molecule has 1 fully saturated rings. The van der Waals surface area contributed by atoms with Gasteiger partial charge in [-0.2, -0.15) is 0 Å². The van der Waals surface area contributed by atoms with Crippen molar-refractivity contribution in [3.05, 3.63) is 77.2 Å². The lowest BCUT2D eigenvalue weighted by atomic mass is 10.1. The van der Waals surface area contributed by atoms with Gasteiger partial charge in [-0.3, -0.25) is 14.5 Å². The summed E-state index contributed by atoms with van der Waals surface area (Å²) >= 11 is 0.941. The Bertz CT molecular complexity index is 892. The minimum atomic E-state index is -0.292. The van der Waals surface area contributed by atoms with Crippen molar-refractivity contribution >= 4 is 29.0 Å². The van der Waals surface area contributed by atoms with Gasteiger partial charge in [-0.15, -0.1) is 0 Å². The summed E-state index contributed by atoms with van der Waals surface area (Å²) in [7, 11) is 1.55. The Morgan fingerprint density at radius 1 is 1.11 bits per heavy atom. The monoisotopic (exact) mass is 381 g/mol. The van der Waals surface area contributed by atoms with E-state index in [4.69, 9.17) is 9.47 Å². The fourth-order valence-corrected chi connectivity index (χ4v) is 3.43. The average molecular weight is 381 g/mol. The quantitative estimate of drug-likeness (QED) is 0.522. The molecule has 138 valence electrons. The zero-order valence-corrected chi connectivity index (χ0v) is 15.7. The third-order valence-corrected chi connectivity index (χ3v) is 4.81. The number of amides is 2. The number of nitrogens with zero attached hydrogens (tertiary/aromatic N) is 1. The van der Waals surface area contributed by atoms with Crippen LogP contribution in [0.25, 0.3) is 6.08 Å². The van der Waals surface area contributed by atoms with Crippen LogP contribution in [0.1, 0.15) is 11.1 Å². The number of imide groups is 1. The van der Waals surface area contributed by atoms with E-state index in [2.05, 4.69) is 6.58 Å². The molecule has 2 aromatic rings. The van der Waals surface area contributed by atoms with Gasteiger partial charge < -0.3 is 9.47 Å². The molecule has 1 aliphatic rings. The molecular weight excluding hydrogens is 362 g/mol. The number of hydrogen-bond donors (Lipinski definition) is 0. The molecule has 0 N–H and O–H groups in total. The van der Waals surface area contributed by atoms with Crippen LogP contribution in [-0.2, 0) is 11.3 Å². The molecule has 2 aromatic carbocycles. The first-order valence-corrected chi connectivity index (χ1v) is 9.15. The minimum absolute atomic E-state index is 0.264. The predicted octanol–water partition coefficient (Wildman–Crippen LogP) is 4.50. The van der Waals surface area contributed by atoms with E-state index < -0.39 is 0 Å². The summed E-state index contributed by atoms with van der Waals surface area (Å²) in [6.07, 6.45) is 3.34. The second-order valence-electron chi connectivity index (χ2n) is 5.76. The SMILES string of the molecule is C=CCOc1ccc(C=C2SC(=O)N(Cc3ccccc3)C2=O)cc1OC. The molecule has 1 heterocycles. The summed E-state index contributed by atoms with van der Waals surface area (Å²) in [5.41, 5.74) is 1.66. The molecule has 3 rings (SSSR count). The molecular formula is C21H19NO4S. The van der Waals surface area contributed by atoms with Crippen molar-refractivity contribution in [1.29, 1.82) is 0 Å². The number of methoxy groups -OCH3 is 1. The van der Waals surface area contributed by atoms with Crippen LogP contribution in [0.5, 0.6) is 11.5 Å². The highest BCUT2D eigenvalue weighted by atomic mass is 32.2. The van der Waals surface area contributed by atoms with Crippen LogP contribution >= 0.6 is 11.8 Å². The number of hydrogen-bond acceptors (Lipinski definition) is 5. The molecule has 0 atom stereocenters. The summed E-state index contributed by atoms with van der Waals surface area (Å²) < 4.78 is 10.9. The topological polar surface area (TPSA) is 55.8 Å². The highest BCUT2D eigenvalue weighted by molar-refractivity contribution is 8.18. The van der Waals surface area contributed by atoms with Crippen molar-refractivity contribution in [3.8, 4) is 11.5 Å². The van der Waals surface area contributed by atoms with Crippen LogP contribution in [-0.4, -0.2) is 29.8 Å². The van der Waals surface area contributed by atoms with E-state index in [0.717, 1.165) is 22.9 Å². The first-order chi connectivity index (χ1) is 13.1. The van der Waals surface area contributed by atoms with Crippen molar-refractivity contribution in [2.45, 2.75) is 6.54 Å². The van der Waals surface area contributed by atoms with Crippen LogP contribution in [0.15, 0.2) is 66.1 Å². The molecule has 1 saturated heterocycles. The number of carbonyl (C=O) groups is 2. The maximum absolute atomic E-state index is 12.6. The van der Waals surface area contributed by atoms with E-state index in [-0.39, 0.29) is 17.7 Å². The molecule has 0 saturated carbocycles. The molecule has 0 unspecified atom stereocenters.